The van der Waals surface area contributed by atoms with E-state index in [-0.39, 0.29) is 0 Å². The maximum Gasteiger partial charge on any atom is 0.109 e. The standard InChI is InChI=1S/C14H25N3/c1-11-4-6-12(7-5-11)13(15-2)10-14-16-8-9-17(14)3/h8-9,11-13,15H,4-7,10H2,1-3H3. The number of rotatable bonds is 4. The van der Waals surface area contributed by atoms with Crippen LogP contribution >= 0.6 is 0 Å². The molecule has 1 aliphatic rings. The van der Waals surface area contributed by atoms with E-state index < -0.39 is 0 Å². The van der Waals surface area contributed by atoms with Crippen LogP contribution < -0.4 is 5.32 Å². The van der Waals surface area contributed by atoms with Gasteiger partial charge in [0.2, 0.25) is 0 Å². The second-order valence-corrected chi connectivity index (χ2v) is 5.57. The van der Waals surface area contributed by atoms with Crippen LogP contribution in [0.3, 0.4) is 0 Å². The SMILES string of the molecule is CNC(Cc1nccn1C)C1CCC(C)CC1. The van der Waals surface area contributed by atoms with Crippen LogP contribution in [-0.2, 0) is 13.5 Å². The summed E-state index contributed by atoms with van der Waals surface area (Å²) in [7, 11) is 4.17. The molecule has 0 spiro atoms. The van der Waals surface area contributed by atoms with Gasteiger partial charge < -0.3 is 9.88 Å². The zero-order valence-electron chi connectivity index (χ0n) is 11.3. The third-order valence-electron chi connectivity index (χ3n) is 4.32. The summed E-state index contributed by atoms with van der Waals surface area (Å²) in [5, 5.41) is 3.50. The Labute approximate surface area is 105 Å². The molecular weight excluding hydrogens is 210 g/mol. The molecule has 0 amide bonds. The van der Waals surface area contributed by atoms with Crippen LogP contribution in [0.4, 0.5) is 0 Å². The summed E-state index contributed by atoms with van der Waals surface area (Å²) in [6, 6.07) is 0.587. The van der Waals surface area contributed by atoms with Crippen LogP contribution in [0.5, 0.6) is 0 Å². The maximum absolute atomic E-state index is 4.44. The molecule has 17 heavy (non-hydrogen) atoms. The van der Waals surface area contributed by atoms with Gasteiger partial charge in [0.15, 0.2) is 0 Å². The molecule has 3 nitrogen and oxygen atoms in total. The molecule has 1 aromatic rings. The summed E-state index contributed by atoms with van der Waals surface area (Å²) in [4.78, 5) is 4.44. The van der Waals surface area contributed by atoms with Gasteiger partial charge in [-0.2, -0.15) is 0 Å². The summed E-state index contributed by atoms with van der Waals surface area (Å²) in [5.74, 6) is 2.95. The van der Waals surface area contributed by atoms with Gasteiger partial charge in [0.25, 0.3) is 0 Å². The lowest BCUT2D eigenvalue weighted by atomic mass is 9.78. The quantitative estimate of drug-likeness (QED) is 0.868. The minimum Gasteiger partial charge on any atom is -0.338 e. The van der Waals surface area contributed by atoms with Crippen molar-refractivity contribution >= 4 is 0 Å². The molecule has 1 unspecified atom stereocenters. The molecule has 0 saturated heterocycles. The van der Waals surface area contributed by atoms with Gasteiger partial charge in [-0.05, 0) is 31.7 Å². The molecule has 1 heterocycles. The Morgan fingerprint density at radius 2 is 2.12 bits per heavy atom. The van der Waals surface area contributed by atoms with Gasteiger partial charge in [0, 0.05) is 31.9 Å². The van der Waals surface area contributed by atoms with Gasteiger partial charge in [-0.25, -0.2) is 4.98 Å². The number of imidazole rings is 1. The van der Waals surface area contributed by atoms with Crippen molar-refractivity contribution in [2.24, 2.45) is 18.9 Å². The normalized spacial score (nSPS) is 27.0. The van der Waals surface area contributed by atoms with Gasteiger partial charge in [0.1, 0.15) is 5.82 Å². The molecule has 1 saturated carbocycles. The number of hydrogen-bond donors (Lipinski definition) is 1. The molecule has 1 fully saturated rings. The maximum atomic E-state index is 4.44. The first-order valence-corrected chi connectivity index (χ1v) is 6.84. The summed E-state index contributed by atoms with van der Waals surface area (Å²) >= 11 is 0. The zero-order chi connectivity index (χ0) is 12.3. The van der Waals surface area contributed by atoms with Crippen molar-refractivity contribution in [3.05, 3.63) is 18.2 Å². The molecule has 96 valence electrons. The Morgan fingerprint density at radius 3 is 2.65 bits per heavy atom. The Balaban J connectivity index is 1.95. The van der Waals surface area contributed by atoms with Gasteiger partial charge in [0.05, 0.1) is 0 Å². The zero-order valence-corrected chi connectivity index (χ0v) is 11.3. The lowest BCUT2D eigenvalue weighted by Crippen LogP contribution is -2.38. The minimum atomic E-state index is 0.587. The molecule has 3 heteroatoms. The summed E-state index contributed by atoms with van der Waals surface area (Å²) in [6.45, 7) is 2.38. The van der Waals surface area contributed by atoms with E-state index in [1.54, 1.807) is 0 Å². The Morgan fingerprint density at radius 1 is 1.41 bits per heavy atom. The highest BCUT2D eigenvalue weighted by atomic mass is 15.0. The van der Waals surface area contributed by atoms with Crippen molar-refractivity contribution in [2.75, 3.05) is 7.05 Å². The summed E-state index contributed by atoms with van der Waals surface area (Å²) in [5.41, 5.74) is 0. The molecule has 1 aliphatic carbocycles. The second kappa shape index (κ2) is 5.67. The van der Waals surface area contributed by atoms with Crippen molar-refractivity contribution in [3.63, 3.8) is 0 Å². The molecule has 2 rings (SSSR count). The van der Waals surface area contributed by atoms with E-state index in [1.807, 2.05) is 12.4 Å². The molecule has 1 aromatic heterocycles. The topological polar surface area (TPSA) is 29.9 Å². The van der Waals surface area contributed by atoms with E-state index in [4.69, 9.17) is 0 Å². The number of aryl methyl sites for hydroxylation is 1. The Kier molecular flexibility index (Phi) is 4.21. The molecule has 0 aliphatic heterocycles. The van der Waals surface area contributed by atoms with Crippen LogP contribution in [0.15, 0.2) is 12.4 Å². The average molecular weight is 235 g/mol. The van der Waals surface area contributed by atoms with Gasteiger partial charge in [-0.1, -0.05) is 19.8 Å². The fourth-order valence-electron chi connectivity index (χ4n) is 2.98. The molecule has 0 aromatic carbocycles. The fourth-order valence-corrected chi connectivity index (χ4v) is 2.98. The number of likely N-dealkylation sites (N-methyl/N-ethyl adjacent to an activating group) is 1. The van der Waals surface area contributed by atoms with Crippen molar-refractivity contribution in [1.29, 1.82) is 0 Å². The van der Waals surface area contributed by atoms with E-state index in [1.165, 1.54) is 31.5 Å². The van der Waals surface area contributed by atoms with E-state index in [0.29, 0.717) is 6.04 Å². The Bertz CT molecular complexity index is 337. The van der Waals surface area contributed by atoms with Gasteiger partial charge in [-0.15, -0.1) is 0 Å². The molecular formula is C14H25N3. The van der Waals surface area contributed by atoms with E-state index in [0.717, 1.165) is 18.3 Å². The summed E-state index contributed by atoms with van der Waals surface area (Å²) in [6.07, 6.45) is 10.5. The lowest BCUT2D eigenvalue weighted by molar-refractivity contribution is 0.233. The highest BCUT2D eigenvalue weighted by Crippen LogP contribution is 2.31. The molecule has 1 atom stereocenters. The monoisotopic (exact) mass is 235 g/mol. The fraction of sp³-hybridized carbons (Fsp3) is 0.786. The van der Waals surface area contributed by atoms with Gasteiger partial charge in [-0.3, -0.25) is 0 Å². The second-order valence-electron chi connectivity index (χ2n) is 5.57. The number of aromatic nitrogens is 2. The van der Waals surface area contributed by atoms with Crippen molar-refractivity contribution in [2.45, 2.75) is 45.1 Å². The van der Waals surface area contributed by atoms with Crippen LogP contribution in [0.1, 0.15) is 38.4 Å². The smallest absolute Gasteiger partial charge is 0.109 e. The van der Waals surface area contributed by atoms with E-state index in [2.05, 4.69) is 35.9 Å². The molecule has 0 bridgehead atoms. The van der Waals surface area contributed by atoms with Crippen LogP contribution in [0, 0.1) is 11.8 Å². The first kappa shape index (κ1) is 12.6. The average Bonchev–Trinajstić information content (AvgIpc) is 2.73. The third-order valence-corrected chi connectivity index (χ3v) is 4.32. The molecule has 0 radical (unpaired) electrons. The van der Waals surface area contributed by atoms with Crippen LogP contribution in [0.25, 0.3) is 0 Å². The lowest BCUT2D eigenvalue weighted by Gasteiger charge is -2.32. The van der Waals surface area contributed by atoms with Crippen LogP contribution in [-0.4, -0.2) is 22.6 Å². The number of hydrogen-bond acceptors (Lipinski definition) is 2. The van der Waals surface area contributed by atoms with Crippen molar-refractivity contribution < 1.29 is 0 Å². The largest absolute Gasteiger partial charge is 0.338 e. The minimum absolute atomic E-state index is 0.587. The highest BCUT2D eigenvalue weighted by molar-refractivity contribution is 4.96. The highest BCUT2D eigenvalue weighted by Gasteiger charge is 2.25. The first-order valence-electron chi connectivity index (χ1n) is 6.84. The molecule has 1 N–H and O–H groups in total. The van der Waals surface area contributed by atoms with E-state index in [9.17, 15) is 0 Å². The van der Waals surface area contributed by atoms with Crippen LogP contribution in [0.2, 0.25) is 0 Å². The number of nitrogens with zero attached hydrogens (tertiary/aromatic N) is 2. The Hall–Kier alpha value is -0.830. The van der Waals surface area contributed by atoms with Crippen molar-refractivity contribution in [3.8, 4) is 0 Å². The first-order chi connectivity index (χ1) is 8.20. The number of nitrogens with one attached hydrogen (secondary N) is 1. The summed E-state index contributed by atoms with van der Waals surface area (Å²) < 4.78 is 2.13. The predicted octanol–water partition coefficient (Wildman–Crippen LogP) is 2.38. The third kappa shape index (κ3) is 3.09. The van der Waals surface area contributed by atoms with Crippen molar-refractivity contribution in [1.82, 2.24) is 14.9 Å². The van der Waals surface area contributed by atoms with E-state index >= 15 is 0 Å². The predicted molar refractivity (Wildman–Crippen MR) is 70.9 cm³/mol. The van der Waals surface area contributed by atoms with Gasteiger partial charge >= 0.3 is 0 Å².